The molecule has 0 saturated carbocycles. The summed E-state index contributed by atoms with van der Waals surface area (Å²) in [6, 6.07) is 0. The standard InChI is InChI=1S/C44H66O10/c1-11-12-14-25(2)41(49)26(3)15-13-16-36-37-18-17-33(50-37)22-32(45)20-28(5)34(46)23-35(47)31(8)27(4)19-30(7)42-43(54-44(9,10)53-42)39-21-29(6)38(51-39)24-40(48)52-36/h13,15-16,19,28-29,31,33,35-39,41-43,47,49H,2,7,11-12,14,17-18,20-24H2,1,3-6,8-10H3/b16-13+,26-15+,27-19+/t28?,29-,31?,33?,35?,36?,37?,38+,39-,41?,42+,43-/m0/s1. The van der Waals surface area contributed by atoms with Crippen molar-refractivity contribution >= 4 is 17.5 Å². The van der Waals surface area contributed by atoms with Crippen LogP contribution in [-0.2, 0) is 38.1 Å². The van der Waals surface area contributed by atoms with Gasteiger partial charge >= 0.3 is 5.97 Å². The van der Waals surface area contributed by atoms with Gasteiger partial charge in [0.05, 0.1) is 43.0 Å². The van der Waals surface area contributed by atoms with Crippen LogP contribution in [0.25, 0.3) is 0 Å². The maximum Gasteiger partial charge on any atom is 0.309 e. The predicted molar refractivity (Wildman–Crippen MR) is 207 cm³/mol. The fraction of sp³-hybridized carbons (Fsp3) is 0.705. The van der Waals surface area contributed by atoms with E-state index in [0.717, 1.165) is 36.0 Å². The number of allylic oxidation sites excluding steroid dienone is 2. The maximum atomic E-state index is 13.6. The van der Waals surface area contributed by atoms with Gasteiger partial charge in [0.25, 0.3) is 0 Å². The molecule has 0 amide bonds. The van der Waals surface area contributed by atoms with Gasteiger partial charge < -0.3 is 33.9 Å². The van der Waals surface area contributed by atoms with E-state index in [1.807, 2.05) is 47.6 Å². The monoisotopic (exact) mass is 754 g/mol. The first-order chi connectivity index (χ1) is 25.4. The van der Waals surface area contributed by atoms with E-state index in [9.17, 15) is 24.6 Å². The number of ketones is 2. The Hall–Kier alpha value is -2.73. The number of aliphatic hydroxyl groups is 2. The lowest BCUT2D eigenvalue weighted by molar-refractivity contribution is -0.163. The molecule has 3 fully saturated rings. The summed E-state index contributed by atoms with van der Waals surface area (Å²) >= 11 is 0. The number of esters is 1. The summed E-state index contributed by atoms with van der Waals surface area (Å²) in [4.78, 5) is 40.0. The zero-order valence-corrected chi connectivity index (χ0v) is 33.9. The number of carbonyl (C=O) groups is 3. The Morgan fingerprint density at radius 1 is 1.02 bits per heavy atom. The second-order valence-corrected chi connectivity index (χ2v) is 16.8. The van der Waals surface area contributed by atoms with Crippen LogP contribution in [0, 0.1) is 17.8 Å². The lowest BCUT2D eigenvalue weighted by Crippen LogP contribution is -2.37. The fourth-order valence-electron chi connectivity index (χ4n) is 7.93. The molecule has 4 bridgehead atoms. The average Bonchev–Trinajstić information content (AvgIpc) is 3.81. The number of ether oxygens (including phenoxy) is 5. The minimum absolute atomic E-state index is 0.0293. The predicted octanol–water partition coefficient (Wildman–Crippen LogP) is 7.22. The van der Waals surface area contributed by atoms with Crippen LogP contribution in [-0.4, -0.2) is 88.5 Å². The molecule has 4 heterocycles. The van der Waals surface area contributed by atoms with Crippen LogP contribution in [0.15, 0.2) is 59.8 Å². The Bertz CT molecular complexity index is 1460. The smallest absolute Gasteiger partial charge is 0.309 e. The third-order valence-electron chi connectivity index (χ3n) is 11.6. The van der Waals surface area contributed by atoms with Gasteiger partial charge in [0.1, 0.15) is 29.9 Å². The van der Waals surface area contributed by atoms with Gasteiger partial charge in [-0.2, -0.15) is 0 Å². The van der Waals surface area contributed by atoms with Gasteiger partial charge in [0.15, 0.2) is 5.79 Å². The summed E-state index contributed by atoms with van der Waals surface area (Å²) in [7, 11) is 0. The molecule has 3 saturated heterocycles. The molecule has 7 unspecified atom stereocenters. The van der Waals surface area contributed by atoms with Crippen LogP contribution < -0.4 is 0 Å². The largest absolute Gasteiger partial charge is 0.455 e. The van der Waals surface area contributed by atoms with E-state index in [2.05, 4.69) is 20.1 Å². The Labute approximate surface area is 323 Å². The lowest BCUT2D eigenvalue weighted by Gasteiger charge is -2.25. The van der Waals surface area contributed by atoms with Crippen LogP contribution in [0.4, 0.5) is 0 Å². The van der Waals surface area contributed by atoms with Crippen molar-refractivity contribution in [3.8, 4) is 0 Å². The highest BCUT2D eigenvalue weighted by atomic mass is 16.8. The lowest BCUT2D eigenvalue weighted by atomic mass is 9.87. The molecule has 0 aromatic carbocycles. The molecule has 54 heavy (non-hydrogen) atoms. The van der Waals surface area contributed by atoms with Gasteiger partial charge in [-0.3, -0.25) is 14.4 Å². The summed E-state index contributed by atoms with van der Waals surface area (Å²) < 4.78 is 31.7. The van der Waals surface area contributed by atoms with Gasteiger partial charge in [-0.25, -0.2) is 0 Å². The average molecular weight is 755 g/mol. The first-order valence-electron chi connectivity index (χ1n) is 20.0. The van der Waals surface area contributed by atoms with Gasteiger partial charge in [-0.15, -0.1) is 0 Å². The summed E-state index contributed by atoms with van der Waals surface area (Å²) in [5.74, 6) is -2.46. The molecule has 4 aliphatic rings. The van der Waals surface area contributed by atoms with E-state index in [4.69, 9.17) is 23.7 Å². The van der Waals surface area contributed by atoms with Crippen LogP contribution in [0.1, 0.15) is 120 Å². The first-order valence-corrected chi connectivity index (χ1v) is 20.0. The van der Waals surface area contributed by atoms with E-state index < -0.39 is 60.4 Å². The molecule has 4 aliphatic heterocycles. The molecule has 2 N–H and O–H groups in total. The third-order valence-corrected chi connectivity index (χ3v) is 11.6. The number of unbranched alkanes of at least 4 members (excludes halogenated alkanes) is 1. The van der Waals surface area contributed by atoms with E-state index in [1.54, 1.807) is 25.2 Å². The Kier molecular flexibility index (Phi) is 15.8. The summed E-state index contributed by atoms with van der Waals surface area (Å²) in [6.07, 6.45) is 6.81. The molecule has 10 nitrogen and oxygen atoms in total. The SMILES string of the molecule is C=C(CCCC)C(O)/C(C)=C/C=C/C1OC(=O)C[C@H]2O[C@@H](C[C@@H]2C)[C@@H]2OC(C)(C)O[C@@H]2C(=C)/C=C(\C)C(C)C(O)CC(=O)C(C)CC(=O)CC2CCC1O2. The molecule has 0 radical (unpaired) electrons. The van der Waals surface area contributed by atoms with E-state index in [1.165, 1.54) is 0 Å². The Morgan fingerprint density at radius 2 is 1.74 bits per heavy atom. The number of fused-ring (bicyclic) bond motifs is 6. The molecule has 4 rings (SSSR count). The van der Waals surface area contributed by atoms with Gasteiger partial charge in [-0.05, 0) is 88.5 Å². The van der Waals surface area contributed by atoms with Crippen molar-refractivity contribution in [3.63, 3.8) is 0 Å². The van der Waals surface area contributed by atoms with Gasteiger partial charge in [0.2, 0.25) is 0 Å². The highest BCUT2D eigenvalue weighted by molar-refractivity contribution is 5.88. The molecular formula is C44H66O10. The number of hydrogen-bond acceptors (Lipinski definition) is 10. The van der Waals surface area contributed by atoms with Crippen LogP contribution >= 0.6 is 0 Å². The van der Waals surface area contributed by atoms with Crippen molar-refractivity contribution in [3.05, 3.63) is 59.8 Å². The molecule has 0 aromatic rings. The van der Waals surface area contributed by atoms with Crippen molar-refractivity contribution in [1.29, 1.82) is 0 Å². The summed E-state index contributed by atoms with van der Waals surface area (Å²) in [5.41, 5.74) is 2.98. The first kappa shape index (κ1) is 44.0. The van der Waals surface area contributed by atoms with Crippen LogP contribution in [0.3, 0.4) is 0 Å². The normalized spacial score (nSPS) is 37.9. The summed E-state index contributed by atoms with van der Waals surface area (Å²) in [5, 5.41) is 21.9. The number of hydrogen-bond donors (Lipinski definition) is 2. The minimum Gasteiger partial charge on any atom is -0.455 e. The molecule has 12 atom stereocenters. The Morgan fingerprint density at radius 3 is 2.44 bits per heavy atom. The topological polar surface area (TPSA) is 138 Å². The van der Waals surface area contributed by atoms with Crippen molar-refractivity contribution in [2.75, 3.05) is 0 Å². The third kappa shape index (κ3) is 11.9. The molecular weight excluding hydrogens is 688 g/mol. The number of aliphatic hydroxyl groups excluding tert-OH is 2. The minimum atomic E-state index is -0.934. The zero-order chi connectivity index (χ0) is 39.9. The van der Waals surface area contributed by atoms with Crippen molar-refractivity contribution in [1.82, 2.24) is 0 Å². The number of cyclic esters (lactones) is 1. The van der Waals surface area contributed by atoms with Crippen molar-refractivity contribution in [2.24, 2.45) is 17.8 Å². The van der Waals surface area contributed by atoms with E-state index in [0.29, 0.717) is 24.8 Å². The molecule has 302 valence electrons. The molecule has 10 heteroatoms. The Balaban J connectivity index is 1.59. The number of carbonyl (C=O) groups excluding carboxylic acids is 3. The van der Waals surface area contributed by atoms with E-state index >= 15 is 0 Å². The zero-order valence-electron chi connectivity index (χ0n) is 33.9. The molecule has 0 aromatic heterocycles. The van der Waals surface area contributed by atoms with Crippen LogP contribution in [0.5, 0.6) is 0 Å². The number of rotatable bonds is 7. The molecule has 0 aliphatic carbocycles. The number of Topliss-reactive ketones (excluding diaryl/α,β-unsaturated/α-hetero) is 2. The summed E-state index contributed by atoms with van der Waals surface area (Å²) in [6.45, 7) is 23.5. The van der Waals surface area contributed by atoms with Gasteiger partial charge in [0, 0.05) is 31.1 Å². The van der Waals surface area contributed by atoms with Gasteiger partial charge in [-0.1, -0.05) is 71.1 Å². The quantitative estimate of drug-likeness (QED) is 0.156. The van der Waals surface area contributed by atoms with Crippen molar-refractivity contribution < 1.29 is 48.3 Å². The molecule has 0 spiro atoms. The van der Waals surface area contributed by atoms with Crippen LogP contribution in [0.2, 0.25) is 0 Å². The second kappa shape index (κ2) is 19.4. The highest BCUT2D eigenvalue weighted by Gasteiger charge is 2.50. The highest BCUT2D eigenvalue weighted by Crippen LogP contribution is 2.41. The van der Waals surface area contributed by atoms with Crippen molar-refractivity contribution in [2.45, 2.75) is 180 Å². The maximum absolute atomic E-state index is 13.6. The van der Waals surface area contributed by atoms with E-state index in [-0.39, 0.29) is 61.3 Å². The fourth-order valence-corrected chi connectivity index (χ4v) is 7.93. The second-order valence-electron chi connectivity index (χ2n) is 16.8.